The van der Waals surface area contributed by atoms with Crippen molar-refractivity contribution in [3.05, 3.63) is 70.1 Å². The molecule has 1 fully saturated rings. The number of nitrogens with one attached hydrogen (secondary N) is 1. The SMILES string of the molecule is C=CCN1C(=O)/C(=C/c2ccc(OCC(=O)Nc3ccc(C)c(Cl)c3)c(OC)c2)SC1=S. The van der Waals surface area contributed by atoms with Crippen LogP contribution in [0.25, 0.3) is 6.08 Å². The number of carbonyl (C=O) groups excluding carboxylic acids is 2. The van der Waals surface area contributed by atoms with Crippen LogP contribution in [-0.4, -0.2) is 41.3 Å². The summed E-state index contributed by atoms with van der Waals surface area (Å²) < 4.78 is 11.5. The van der Waals surface area contributed by atoms with Gasteiger partial charge in [0, 0.05) is 17.3 Å². The maximum Gasteiger partial charge on any atom is 0.266 e. The predicted molar refractivity (Wildman–Crippen MR) is 133 cm³/mol. The second-order valence-corrected chi connectivity index (χ2v) is 8.88. The first-order chi connectivity index (χ1) is 15.3. The van der Waals surface area contributed by atoms with Crippen molar-refractivity contribution in [2.24, 2.45) is 0 Å². The van der Waals surface area contributed by atoms with Gasteiger partial charge in [0.1, 0.15) is 4.32 Å². The third kappa shape index (κ3) is 5.70. The summed E-state index contributed by atoms with van der Waals surface area (Å²) in [6.45, 7) is 5.70. The van der Waals surface area contributed by atoms with Crippen LogP contribution < -0.4 is 14.8 Å². The quantitative estimate of drug-likeness (QED) is 0.318. The van der Waals surface area contributed by atoms with E-state index in [0.29, 0.717) is 38.0 Å². The molecule has 2 aromatic carbocycles. The molecule has 0 saturated carbocycles. The summed E-state index contributed by atoms with van der Waals surface area (Å²) in [6, 6.07) is 10.5. The zero-order valence-corrected chi connectivity index (χ0v) is 19.9. The lowest BCUT2D eigenvalue weighted by Crippen LogP contribution is -2.27. The van der Waals surface area contributed by atoms with Gasteiger partial charge in [0.25, 0.3) is 11.8 Å². The van der Waals surface area contributed by atoms with E-state index in [1.165, 1.54) is 23.8 Å². The van der Waals surface area contributed by atoms with Crippen LogP contribution in [0.5, 0.6) is 11.5 Å². The fourth-order valence-electron chi connectivity index (χ4n) is 2.84. The standard InChI is InChI=1S/C23H21ClN2O4S2/c1-4-9-26-22(28)20(32-23(26)31)11-15-6-8-18(19(10-15)29-3)30-13-21(27)25-16-7-5-14(2)17(24)12-16/h4-8,10-12H,1,9,13H2,2-3H3,(H,25,27)/b20-11-. The second kappa shape index (κ2) is 10.7. The third-order valence-electron chi connectivity index (χ3n) is 4.49. The molecule has 1 aliphatic heterocycles. The van der Waals surface area contributed by atoms with Crippen molar-refractivity contribution < 1.29 is 19.1 Å². The Bertz CT molecular complexity index is 1120. The first kappa shape index (κ1) is 23.8. The van der Waals surface area contributed by atoms with Crippen LogP contribution in [0.1, 0.15) is 11.1 Å². The third-order valence-corrected chi connectivity index (χ3v) is 6.27. The molecule has 1 aliphatic rings. The number of benzene rings is 2. The first-order valence-electron chi connectivity index (χ1n) is 9.55. The summed E-state index contributed by atoms with van der Waals surface area (Å²) in [4.78, 5) is 26.7. The Hall–Kier alpha value is -2.81. The van der Waals surface area contributed by atoms with Gasteiger partial charge in [-0.25, -0.2) is 0 Å². The van der Waals surface area contributed by atoms with Crippen LogP contribution in [0.3, 0.4) is 0 Å². The van der Waals surface area contributed by atoms with Crippen molar-refractivity contribution in [3.8, 4) is 11.5 Å². The number of anilines is 1. The maximum absolute atomic E-state index is 12.5. The van der Waals surface area contributed by atoms with E-state index in [0.717, 1.165) is 11.1 Å². The molecule has 6 nitrogen and oxygen atoms in total. The minimum Gasteiger partial charge on any atom is -0.493 e. The highest BCUT2D eigenvalue weighted by Crippen LogP contribution is 2.34. The summed E-state index contributed by atoms with van der Waals surface area (Å²) in [5.41, 5.74) is 2.26. The molecule has 0 spiro atoms. The van der Waals surface area contributed by atoms with Gasteiger partial charge >= 0.3 is 0 Å². The molecule has 1 saturated heterocycles. The van der Waals surface area contributed by atoms with E-state index < -0.39 is 0 Å². The number of hydrogen-bond acceptors (Lipinski definition) is 6. The predicted octanol–water partition coefficient (Wildman–Crippen LogP) is 5.06. The Kier molecular flexibility index (Phi) is 7.95. The van der Waals surface area contributed by atoms with Crippen molar-refractivity contribution in [2.45, 2.75) is 6.92 Å². The maximum atomic E-state index is 12.5. The summed E-state index contributed by atoms with van der Waals surface area (Å²) in [6.07, 6.45) is 3.37. The molecule has 0 aliphatic carbocycles. The Labute approximate surface area is 201 Å². The Balaban J connectivity index is 1.67. The van der Waals surface area contributed by atoms with Crippen LogP contribution in [-0.2, 0) is 9.59 Å². The number of aryl methyl sites for hydroxylation is 1. The highest BCUT2D eigenvalue weighted by molar-refractivity contribution is 8.26. The van der Waals surface area contributed by atoms with E-state index in [4.69, 9.17) is 33.3 Å². The number of nitrogens with zero attached hydrogens (tertiary/aromatic N) is 1. The average molecular weight is 489 g/mol. The summed E-state index contributed by atoms with van der Waals surface area (Å²) in [5.74, 6) is 0.349. The van der Waals surface area contributed by atoms with Crippen LogP contribution in [0.4, 0.5) is 5.69 Å². The molecule has 9 heteroatoms. The molecular weight excluding hydrogens is 468 g/mol. The van der Waals surface area contributed by atoms with Crippen molar-refractivity contribution in [3.63, 3.8) is 0 Å². The zero-order valence-electron chi connectivity index (χ0n) is 17.5. The number of thioether (sulfide) groups is 1. The Morgan fingerprint density at radius 2 is 2.06 bits per heavy atom. The van der Waals surface area contributed by atoms with Gasteiger partial charge in [-0.1, -0.05) is 53.8 Å². The van der Waals surface area contributed by atoms with Crippen LogP contribution in [0.15, 0.2) is 54.0 Å². The van der Waals surface area contributed by atoms with Gasteiger partial charge in [-0.2, -0.15) is 0 Å². The molecule has 0 atom stereocenters. The normalized spacial score (nSPS) is 14.6. The number of thiocarbonyl (C=S) groups is 1. The molecule has 2 amide bonds. The van der Waals surface area contributed by atoms with E-state index >= 15 is 0 Å². The first-order valence-corrected chi connectivity index (χ1v) is 11.2. The zero-order chi connectivity index (χ0) is 23.3. The van der Waals surface area contributed by atoms with Gasteiger partial charge in [0.15, 0.2) is 18.1 Å². The molecule has 1 heterocycles. The van der Waals surface area contributed by atoms with E-state index in [1.54, 1.807) is 42.5 Å². The number of methoxy groups -OCH3 is 1. The average Bonchev–Trinajstić information content (AvgIpc) is 3.03. The number of hydrogen-bond donors (Lipinski definition) is 1. The molecule has 0 unspecified atom stereocenters. The van der Waals surface area contributed by atoms with Crippen molar-refractivity contribution >= 4 is 63.5 Å². The highest BCUT2D eigenvalue weighted by atomic mass is 35.5. The molecule has 3 rings (SSSR count). The smallest absolute Gasteiger partial charge is 0.266 e. The lowest BCUT2D eigenvalue weighted by molar-refractivity contribution is -0.121. The molecule has 1 N–H and O–H groups in total. The van der Waals surface area contributed by atoms with Crippen molar-refractivity contribution in [2.75, 3.05) is 25.6 Å². The molecule has 0 bridgehead atoms. The lowest BCUT2D eigenvalue weighted by atomic mass is 10.2. The van der Waals surface area contributed by atoms with Gasteiger partial charge < -0.3 is 14.8 Å². The van der Waals surface area contributed by atoms with Crippen LogP contribution >= 0.6 is 35.6 Å². The topological polar surface area (TPSA) is 67.9 Å². The number of halogens is 1. The summed E-state index contributed by atoms with van der Waals surface area (Å²) in [5, 5.41) is 3.31. The van der Waals surface area contributed by atoms with Crippen LogP contribution in [0, 0.1) is 6.92 Å². The van der Waals surface area contributed by atoms with E-state index in [-0.39, 0.29) is 18.4 Å². The Morgan fingerprint density at radius 1 is 1.28 bits per heavy atom. The minimum atomic E-state index is -0.332. The van der Waals surface area contributed by atoms with E-state index in [2.05, 4.69) is 11.9 Å². The molecular formula is C23H21ClN2O4S2. The van der Waals surface area contributed by atoms with Gasteiger partial charge in [0.05, 0.1) is 12.0 Å². The molecule has 0 radical (unpaired) electrons. The van der Waals surface area contributed by atoms with Gasteiger partial charge in [-0.05, 0) is 48.4 Å². The summed E-state index contributed by atoms with van der Waals surface area (Å²) in [7, 11) is 1.50. The fraction of sp³-hybridized carbons (Fsp3) is 0.174. The van der Waals surface area contributed by atoms with Gasteiger partial charge in [0.2, 0.25) is 0 Å². The molecule has 32 heavy (non-hydrogen) atoms. The number of carbonyl (C=O) groups is 2. The monoisotopic (exact) mass is 488 g/mol. The molecule has 166 valence electrons. The lowest BCUT2D eigenvalue weighted by Gasteiger charge is -2.12. The molecule has 2 aromatic rings. The number of rotatable bonds is 8. The fourth-order valence-corrected chi connectivity index (χ4v) is 4.30. The number of amides is 2. The minimum absolute atomic E-state index is 0.160. The van der Waals surface area contributed by atoms with Gasteiger partial charge in [-0.15, -0.1) is 6.58 Å². The van der Waals surface area contributed by atoms with Crippen molar-refractivity contribution in [1.82, 2.24) is 4.90 Å². The molecule has 0 aromatic heterocycles. The van der Waals surface area contributed by atoms with Crippen molar-refractivity contribution in [1.29, 1.82) is 0 Å². The van der Waals surface area contributed by atoms with Crippen LogP contribution in [0.2, 0.25) is 5.02 Å². The highest BCUT2D eigenvalue weighted by Gasteiger charge is 2.31. The Morgan fingerprint density at radius 3 is 2.75 bits per heavy atom. The second-order valence-electron chi connectivity index (χ2n) is 6.79. The van der Waals surface area contributed by atoms with E-state index in [1.807, 2.05) is 13.0 Å². The largest absolute Gasteiger partial charge is 0.493 e. The van der Waals surface area contributed by atoms with Gasteiger partial charge in [-0.3, -0.25) is 14.5 Å². The van der Waals surface area contributed by atoms with E-state index in [9.17, 15) is 9.59 Å². The number of ether oxygens (including phenoxy) is 2. The summed E-state index contributed by atoms with van der Waals surface area (Å²) >= 11 is 12.6.